The maximum atomic E-state index is 11.9. The van der Waals surface area contributed by atoms with Crippen molar-refractivity contribution >= 4 is 23.3 Å². The van der Waals surface area contributed by atoms with E-state index < -0.39 is 11.2 Å². The number of aromatic amines is 1. The van der Waals surface area contributed by atoms with Crippen LogP contribution in [0.3, 0.4) is 0 Å². The van der Waals surface area contributed by atoms with Gasteiger partial charge >= 0.3 is 5.69 Å². The summed E-state index contributed by atoms with van der Waals surface area (Å²) in [5.74, 6) is 1.10. The van der Waals surface area contributed by atoms with Crippen molar-refractivity contribution in [2.24, 2.45) is 0 Å². The summed E-state index contributed by atoms with van der Waals surface area (Å²) in [6.45, 7) is 4.49. The minimum atomic E-state index is -0.451. The summed E-state index contributed by atoms with van der Waals surface area (Å²) in [5, 5.41) is 3.14. The predicted octanol–water partition coefficient (Wildman–Crippen LogP) is 1.08. The molecule has 4 N–H and O–H groups in total. The Morgan fingerprint density at radius 1 is 1.42 bits per heavy atom. The van der Waals surface area contributed by atoms with Crippen molar-refractivity contribution in [2.75, 3.05) is 23.1 Å². The maximum absolute atomic E-state index is 11.9. The third kappa shape index (κ3) is 3.79. The molecule has 6 nitrogen and oxygen atoms in total. The second-order valence-electron chi connectivity index (χ2n) is 4.38. The number of hydrogen-bond donors (Lipinski definition) is 3. The minimum Gasteiger partial charge on any atom is -0.383 e. The molecule has 1 unspecified atom stereocenters. The second-order valence-corrected chi connectivity index (χ2v) is 5.29. The number of nitrogen functional groups attached to an aromatic ring is 1. The zero-order valence-corrected chi connectivity index (χ0v) is 12.5. The standard InChI is InChI=1S/C12H22N4O2S/c1-4-6-16-10(13)9(11(17)15-12(16)18)14-8(5-2)7-19-3/h8,14H,4-7,13H2,1-3H3,(H,15,17,18). The van der Waals surface area contributed by atoms with Gasteiger partial charge in [-0.25, -0.2) is 4.79 Å². The molecule has 0 radical (unpaired) electrons. The van der Waals surface area contributed by atoms with Gasteiger partial charge in [0.15, 0.2) is 0 Å². The summed E-state index contributed by atoms with van der Waals surface area (Å²) < 4.78 is 1.40. The zero-order valence-electron chi connectivity index (χ0n) is 11.7. The van der Waals surface area contributed by atoms with Gasteiger partial charge < -0.3 is 11.1 Å². The summed E-state index contributed by atoms with van der Waals surface area (Å²) in [4.78, 5) is 25.8. The lowest BCUT2D eigenvalue weighted by molar-refractivity contribution is 0.640. The van der Waals surface area contributed by atoms with Crippen LogP contribution >= 0.6 is 11.8 Å². The number of thioether (sulfide) groups is 1. The predicted molar refractivity (Wildman–Crippen MR) is 82.1 cm³/mol. The zero-order chi connectivity index (χ0) is 14.4. The van der Waals surface area contributed by atoms with Crippen LogP contribution in [0.4, 0.5) is 11.5 Å². The highest BCUT2D eigenvalue weighted by atomic mass is 32.2. The van der Waals surface area contributed by atoms with E-state index in [9.17, 15) is 9.59 Å². The molecule has 1 rings (SSSR count). The molecule has 0 aliphatic rings. The first-order valence-electron chi connectivity index (χ1n) is 6.43. The molecule has 7 heteroatoms. The minimum absolute atomic E-state index is 0.158. The van der Waals surface area contributed by atoms with Crippen molar-refractivity contribution in [2.45, 2.75) is 39.3 Å². The SMILES string of the molecule is CCCn1c(N)c(NC(CC)CSC)c(=O)[nH]c1=O. The third-order valence-corrected chi connectivity index (χ3v) is 3.63. The monoisotopic (exact) mass is 286 g/mol. The van der Waals surface area contributed by atoms with Gasteiger partial charge in [-0.15, -0.1) is 0 Å². The van der Waals surface area contributed by atoms with Crippen LogP contribution in [0.5, 0.6) is 0 Å². The smallest absolute Gasteiger partial charge is 0.330 e. The van der Waals surface area contributed by atoms with Gasteiger partial charge in [0.1, 0.15) is 11.5 Å². The van der Waals surface area contributed by atoms with Crippen LogP contribution in [-0.4, -0.2) is 27.6 Å². The van der Waals surface area contributed by atoms with Gasteiger partial charge in [0, 0.05) is 18.3 Å². The highest BCUT2D eigenvalue weighted by Gasteiger charge is 2.15. The molecule has 1 aromatic heterocycles. The average molecular weight is 286 g/mol. The molecular weight excluding hydrogens is 264 g/mol. The van der Waals surface area contributed by atoms with Crippen LogP contribution in [0.2, 0.25) is 0 Å². The summed E-state index contributed by atoms with van der Waals surface area (Å²) in [5.41, 5.74) is 5.34. The summed E-state index contributed by atoms with van der Waals surface area (Å²) in [6.07, 6.45) is 3.67. The molecule has 1 heterocycles. The van der Waals surface area contributed by atoms with Crippen LogP contribution in [-0.2, 0) is 6.54 Å². The van der Waals surface area contributed by atoms with E-state index in [1.807, 2.05) is 20.1 Å². The van der Waals surface area contributed by atoms with E-state index in [4.69, 9.17) is 5.73 Å². The number of aromatic nitrogens is 2. The lowest BCUT2D eigenvalue weighted by Gasteiger charge is -2.19. The summed E-state index contributed by atoms with van der Waals surface area (Å²) in [7, 11) is 0. The molecule has 0 saturated carbocycles. The number of rotatable bonds is 7. The second kappa shape index (κ2) is 7.28. The molecule has 0 aliphatic heterocycles. The molecule has 0 bridgehead atoms. The van der Waals surface area contributed by atoms with Gasteiger partial charge in [-0.1, -0.05) is 13.8 Å². The van der Waals surface area contributed by atoms with Crippen molar-refractivity contribution < 1.29 is 0 Å². The molecule has 0 spiro atoms. The Morgan fingerprint density at radius 2 is 2.11 bits per heavy atom. The quantitative estimate of drug-likeness (QED) is 0.697. The Morgan fingerprint density at radius 3 is 2.63 bits per heavy atom. The van der Waals surface area contributed by atoms with Crippen molar-refractivity contribution in [1.82, 2.24) is 9.55 Å². The van der Waals surface area contributed by atoms with Gasteiger partial charge in [-0.2, -0.15) is 11.8 Å². The number of hydrogen-bond acceptors (Lipinski definition) is 5. The van der Waals surface area contributed by atoms with Crippen LogP contribution in [0.25, 0.3) is 0 Å². The van der Waals surface area contributed by atoms with E-state index in [1.165, 1.54) is 4.57 Å². The van der Waals surface area contributed by atoms with Crippen LogP contribution in [0, 0.1) is 0 Å². The number of nitrogens with one attached hydrogen (secondary N) is 2. The van der Waals surface area contributed by atoms with Crippen molar-refractivity contribution in [1.29, 1.82) is 0 Å². The normalized spacial score (nSPS) is 12.4. The Hall–Kier alpha value is -1.37. The molecule has 0 aliphatic carbocycles. The Bertz CT molecular complexity index is 523. The van der Waals surface area contributed by atoms with Crippen LogP contribution in [0.15, 0.2) is 9.59 Å². The number of nitrogens with zero attached hydrogens (tertiary/aromatic N) is 1. The van der Waals surface area contributed by atoms with Crippen LogP contribution < -0.4 is 22.3 Å². The molecular formula is C12H22N4O2S. The Labute approximate surface area is 116 Å². The van der Waals surface area contributed by atoms with Crippen molar-refractivity contribution in [3.05, 3.63) is 20.8 Å². The highest BCUT2D eigenvalue weighted by Crippen LogP contribution is 2.14. The van der Waals surface area contributed by atoms with Crippen molar-refractivity contribution in [3.8, 4) is 0 Å². The summed E-state index contributed by atoms with van der Waals surface area (Å²) >= 11 is 1.70. The van der Waals surface area contributed by atoms with E-state index in [1.54, 1.807) is 11.8 Å². The fourth-order valence-electron chi connectivity index (χ4n) is 1.84. The molecule has 0 saturated heterocycles. The van der Waals surface area contributed by atoms with Gasteiger partial charge in [0.05, 0.1) is 0 Å². The number of H-pyrrole nitrogens is 1. The van der Waals surface area contributed by atoms with Gasteiger partial charge in [0.2, 0.25) is 0 Å². The molecule has 0 amide bonds. The molecule has 1 atom stereocenters. The molecule has 0 fully saturated rings. The number of anilines is 2. The lowest BCUT2D eigenvalue weighted by Crippen LogP contribution is -2.36. The fourth-order valence-corrected chi connectivity index (χ4v) is 2.56. The Kier molecular flexibility index (Phi) is 6.01. The third-order valence-electron chi connectivity index (χ3n) is 2.90. The van der Waals surface area contributed by atoms with Crippen LogP contribution in [0.1, 0.15) is 26.7 Å². The topological polar surface area (TPSA) is 92.9 Å². The first-order valence-corrected chi connectivity index (χ1v) is 7.82. The van der Waals surface area contributed by atoms with E-state index in [0.717, 1.165) is 18.6 Å². The maximum Gasteiger partial charge on any atom is 0.330 e. The average Bonchev–Trinajstić information content (AvgIpc) is 2.38. The van der Waals surface area contributed by atoms with Gasteiger partial charge in [-0.3, -0.25) is 14.3 Å². The van der Waals surface area contributed by atoms with Gasteiger partial charge in [0.25, 0.3) is 5.56 Å². The van der Waals surface area contributed by atoms with Gasteiger partial charge in [-0.05, 0) is 19.1 Å². The Balaban J connectivity index is 3.16. The molecule has 19 heavy (non-hydrogen) atoms. The largest absolute Gasteiger partial charge is 0.383 e. The van der Waals surface area contributed by atoms with E-state index in [-0.39, 0.29) is 11.9 Å². The number of nitrogens with two attached hydrogens (primary N) is 1. The van der Waals surface area contributed by atoms with E-state index in [0.29, 0.717) is 12.2 Å². The van der Waals surface area contributed by atoms with E-state index in [2.05, 4.69) is 10.3 Å². The first-order chi connectivity index (χ1) is 9.04. The van der Waals surface area contributed by atoms with Crippen molar-refractivity contribution in [3.63, 3.8) is 0 Å². The molecule has 108 valence electrons. The van der Waals surface area contributed by atoms with E-state index >= 15 is 0 Å². The lowest BCUT2D eigenvalue weighted by atomic mass is 10.2. The summed E-state index contributed by atoms with van der Waals surface area (Å²) in [6, 6.07) is 0.158. The molecule has 1 aromatic rings. The molecule has 0 aromatic carbocycles. The first kappa shape index (κ1) is 15.7. The fraction of sp³-hybridized carbons (Fsp3) is 0.667. The highest BCUT2D eigenvalue weighted by molar-refractivity contribution is 7.98.